The minimum Gasteiger partial charge on any atom is -0.370 e. The third kappa shape index (κ3) is 4.45. The molecule has 0 bridgehead atoms. The molecular weight excluding hydrogens is 366 g/mol. The van der Waals surface area contributed by atoms with Gasteiger partial charge in [0, 0.05) is 11.1 Å². The number of nitrogens with zero attached hydrogens (tertiary/aromatic N) is 4. The number of fused-ring (bicyclic) bond motifs is 3. The molecule has 0 unspecified atom stereocenters. The van der Waals surface area contributed by atoms with Gasteiger partial charge in [0.15, 0.2) is 5.82 Å². The molecule has 29 heavy (non-hydrogen) atoms. The molecule has 0 saturated carbocycles. The number of aliphatic imine (C=N–C) groups is 1. The maximum absolute atomic E-state index is 11.6. The van der Waals surface area contributed by atoms with Crippen molar-refractivity contribution in [2.45, 2.75) is 33.2 Å². The Bertz CT molecular complexity index is 1070. The fourth-order valence-corrected chi connectivity index (χ4v) is 3.20. The number of aryl methyl sites for hydroxylation is 1. The van der Waals surface area contributed by atoms with Crippen molar-refractivity contribution in [1.82, 2.24) is 14.8 Å². The van der Waals surface area contributed by atoms with Crippen LogP contribution in [0.4, 0.5) is 0 Å². The SMILES string of the molecule is CC(C)=O.Cc1nnc2n1-c1ccccc1C(c1ccccc1)=N[C@H]2CC(N)=O. The Balaban J connectivity index is 0.000000552. The van der Waals surface area contributed by atoms with Crippen LogP contribution in [0.1, 0.15) is 49.1 Å². The second-order valence-corrected chi connectivity index (χ2v) is 6.90. The highest BCUT2D eigenvalue weighted by molar-refractivity contribution is 6.15. The number of hydrogen-bond acceptors (Lipinski definition) is 5. The van der Waals surface area contributed by atoms with E-state index in [0.717, 1.165) is 28.4 Å². The number of ketones is 1. The topological polar surface area (TPSA) is 103 Å². The summed E-state index contributed by atoms with van der Waals surface area (Å²) in [5.74, 6) is 1.13. The summed E-state index contributed by atoms with van der Waals surface area (Å²) in [6, 6.07) is 17.4. The third-order valence-corrected chi connectivity index (χ3v) is 4.27. The van der Waals surface area contributed by atoms with E-state index in [1.807, 2.05) is 66.1 Å². The predicted molar refractivity (Wildman–Crippen MR) is 111 cm³/mol. The predicted octanol–water partition coefficient (Wildman–Crippen LogP) is 2.94. The number of nitrogens with two attached hydrogens (primary N) is 1. The summed E-state index contributed by atoms with van der Waals surface area (Å²) >= 11 is 0. The highest BCUT2D eigenvalue weighted by Gasteiger charge is 2.28. The van der Waals surface area contributed by atoms with Gasteiger partial charge in [0.05, 0.1) is 17.8 Å². The van der Waals surface area contributed by atoms with Crippen LogP contribution >= 0.6 is 0 Å². The fourth-order valence-electron chi connectivity index (χ4n) is 3.20. The molecule has 1 amide bonds. The number of Topliss-reactive ketones (excluding diaryl/α,β-unsaturated/α-hetero) is 1. The van der Waals surface area contributed by atoms with Crippen molar-refractivity contribution >= 4 is 17.4 Å². The Morgan fingerprint density at radius 2 is 1.62 bits per heavy atom. The number of benzene rings is 2. The molecule has 2 aromatic carbocycles. The van der Waals surface area contributed by atoms with Gasteiger partial charge in [0.25, 0.3) is 0 Å². The number of aromatic nitrogens is 3. The molecule has 1 atom stereocenters. The van der Waals surface area contributed by atoms with Crippen molar-refractivity contribution in [3.63, 3.8) is 0 Å². The summed E-state index contributed by atoms with van der Waals surface area (Å²) < 4.78 is 1.96. The zero-order valence-corrected chi connectivity index (χ0v) is 16.7. The lowest BCUT2D eigenvalue weighted by Gasteiger charge is -2.12. The zero-order valence-electron chi connectivity index (χ0n) is 16.7. The third-order valence-electron chi connectivity index (χ3n) is 4.27. The van der Waals surface area contributed by atoms with Gasteiger partial charge in [0.1, 0.15) is 17.6 Å². The summed E-state index contributed by atoms with van der Waals surface area (Å²) in [6.07, 6.45) is 0.0858. The summed E-state index contributed by atoms with van der Waals surface area (Å²) in [5, 5.41) is 8.46. The Kier molecular flexibility index (Phi) is 5.97. The minimum absolute atomic E-state index is 0.0858. The van der Waals surface area contributed by atoms with Crippen LogP contribution in [0.2, 0.25) is 0 Å². The first-order chi connectivity index (χ1) is 13.9. The number of para-hydroxylation sites is 1. The second kappa shape index (κ2) is 8.60. The lowest BCUT2D eigenvalue weighted by molar-refractivity contribution is -0.118. The van der Waals surface area contributed by atoms with Crippen molar-refractivity contribution in [3.8, 4) is 5.69 Å². The van der Waals surface area contributed by atoms with Gasteiger partial charge < -0.3 is 10.5 Å². The van der Waals surface area contributed by atoms with Crippen LogP contribution in [-0.2, 0) is 9.59 Å². The van der Waals surface area contributed by atoms with Crippen LogP contribution in [0, 0.1) is 6.92 Å². The Hall–Kier alpha value is -3.61. The van der Waals surface area contributed by atoms with Gasteiger partial charge in [-0.3, -0.25) is 14.4 Å². The van der Waals surface area contributed by atoms with Gasteiger partial charge in [-0.1, -0.05) is 48.5 Å². The van der Waals surface area contributed by atoms with Crippen LogP contribution in [-0.4, -0.2) is 32.2 Å². The lowest BCUT2D eigenvalue weighted by atomic mass is 10.0. The number of primary amides is 1. The Morgan fingerprint density at radius 1 is 1.00 bits per heavy atom. The Morgan fingerprint density at radius 3 is 2.28 bits per heavy atom. The maximum Gasteiger partial charge on any atom is 0.220 e. The van der Waals surface area contributed by atoms with E-state index < -0.39 is 11.9 Å². The average Bonchev–Trinajstić information content (AvgIpc) is 3.00. The minimum atomic E-state index is -0.471. The molecule has 2 heterocycles. The largest absolute Gasteiger partial charge is 0.370 e. The van der Waals surface area contributed by atoms with Gasteiger partial charge in [-0.15, -0.1) is 10.2 Å². The van der Waals surface area contributed by atoms with Gasteiger partial charge in [0.2, 0.25) is 5.91 Å². The van der Waals surface area contributed by atoms with Crippen molar-refractivity contribution in [3.05, 3.63) is 77.4 Å². The van der Waals surface area contributed by atoms with E-state index >= 15 is 0 Å². The molecule has 7 nitrogen and oxygen atoms in total. The number of hydrogen-bond donors (Lipinski definition) is 1. The first-order valence-corrected chi connectivity index (χ1v) is 9.29. The highest BCUT2D eigenvalue weighted by atomic mass is 16.1. The van der Waals surface area contributed by atoms with Crippen LogP contribution in [0.15, 0.2) is 59.6 Å². The molecule has 1 aromatic heterocycles. The summed E-state index contributed by atoms with van der Waals surface area (Å²) in [7, 11) is 0. The molecule has 7 heteroatoms. The molecule has 2 N–H and O–H groups in total. The van der Waals surface area contributed by atoms with Crippen molar-refractivity contribution in [2.75, 3.05) is 0 Å². The van der Waals surface area contributed by atoms with E-state index in [9.17, 15) is 9.59 Å². The monoisotopic (exact) mass is 389 g/mol. The number of carbonyl (C=O) groups is 2. The number of carbonyl (C=O) groups excluding carboxylic acids is 2. The molecular formula is C22H23N5O2. The summed E-state index contributed by atoms with van der Waals surface area (Å²) in [6.45, 7) is 4.95. The molecule has 1 aliphatic heterocycles. The number of rotatable bonds is 3. The zero-order chi connectivity index (χ0) is 21.0. The number of amides is 1. The van der Waals surface area contributed by atoms with Crippen LogP contribution < -0.4 is 5.73 Å². The van der Waals surface area contributed by atoms with Crippen LogP contribution in [0.3, 0.4) is 0 Å². The van der Waals surface area contributed by atoms with E-state index in [4.69, 9.17) is 10.7 Å². The van der Waals surface area contributed by atoms with Crippen LogP contribution in [0.5, 0.6) is 0 Å². The molecule has 4 rings (SSSR count). The van der Waals surface area contributed by atoms with Crippen molar-refractivity contribution in [2.24, 2.45) is 10.7 Å². The molecule has 1 aliphatic rings. The lowest BCUT2D eigenvalue weighted by Crippen LogP contribution is -2.17. The van der Waals surface area contributed by atoms with Gasteiger partial charge in [-0.25, -0.2) is 0 Å². The molecule has 148 valence electrons. The first kappa shape index (κ1) is 20.1. The highest BCUT2D eigenvalue weighted by Crippen LogP contribution is 2.32. The summed E-state index contributed by atoms with van der Waals surface area (Å²) in [5.41, 5.74) is 9.20. The molecule has 0 spiro atoms. The van der Waals surface area contributed by atoms with Gasteiger partial charge in [-0.05, 0) is 26.8 Å². The molecule has 0 saturated heterocycles. The molecule has 0 fully saturated rings. The van der Waals surface area contributed by atoms with Crippen LogP contribution in [0.25, 0.3) is 5.69 Å². The first-order valence-electron chi connectivity index (χ1n) is 9.29. The van der Waals surface area contributed by atoms with E-state index in [-0.39, 0.29) is 12.2 Å². The van der Waals surface area contributed by atoms with Crippen molar-refractivity contribution in [1.29, 1.82) is 0 Å². The average molecular weight is 389 g/mol. The molecule has 0 radical (unpaired) electrons. The molecule has 3 aromatic rings. The van der Waals surface area contributed by atoms with E-state index in [1.165, 1.54) is 13.8 Å². The van der Waals surface area contributed by atoms with Crippen molar-refractivity contribution < 1.29 is 9.59 Å². The smallest absolute Gasteiger partial charge is 0.220 e. The normalized spacial score (nSPS) is 14.4. The maximum atomic E-state index is 11.6. The van der Waals surface area contributed by atoms with E-state index in [0.29, 0.717) is 5.82 Å². The Labute approximate surface area is 169 Å². The quantitative estimate of drug-likeness (QED) is 0.744. The summed E-state index contributed by atoms with van der Waals surface area (Å²) in [4.78, 5) is 25.9. The second-order valence-electron chi connectivity index (χ2n) is 6.90. The van der Waals surface area contributed by atoms with Gasteiger partial charge in [-0.2, -0.15) is 0 Å². The van der Waals surface area contributed by atoms with E-state index in [1.54, 1.807) is 0 Å². The van der Waals surface area contributed by atoms with E-state index in [2.05, 4.69) is 10.2 Å². The molecule has 0 aliphatic carbocycles. The fraction of sp³-hybridized carbons (Fsp3) is 0.227. The van der Waals surface area contributed by atoms with Gasteiger partial charge >= 0.3 is 0 Å². The standard InChI is InChI=1S/C19H17N5O.C3H6O/c1-12-22-23-19-15(11-17(20)25)21-18(13-7-3-2-4-8-13)14-9-5-6-10-16(14)24(12)19;1-3(2)4/h2-10,15H,11H2,1H3,(H2,20,25);1-2H3/t15-;/m0./s1.